The average Bonchev–Trinajstić information content (AvgIpc) is 2.98. The molecular formula is C12H21N5S. The van der Waals surface area contributed by atoms with Gasteiger partial charge >= 0.3 is 0 Å². The lowest BCUT2D eigenvalue weighted by Gasteiger charge is -2.34. The van der Waals surface area contributed by atoms with Crippen LogP contribution in [0, 0.1) is 6.92 Å². The van der Waals surface area contributed by atoms with Crippen molar-refractivity contribution < 1.29 is 0 Å². The summed E-state index contributed by atoms with van der Waals surface area (Å²) in [5.41, 5.74) is 5.96. The first-order valence-electron chi connectivity index (χ1n) is 6.77. The topological polar surface area (TPSA) is 58.3 Å². The summed E-state index contributed by atoms with van der Waals surface area (Å²) in [6.07, 6.45) is 3.54. The highest BCUT2D eigenvalue weighted by atomic mass is 32.1. The number of aromatic nitrogens is 2. The van der Waals surface area contributed by atoms with E-state index in [1.807, 2.05) is 6.92 Å². The van der Waals surface area contributed by atoms with Crippen molar-refractivity contribution in [1.29, 1.82) is 0 Å². The minimum absolute atomic E-state index is 0.421. The normalized spacial score (nSPS) is 27.0. The molecule has 2 aliphatic heterocycles. The molecule has 2 N–H and O–H groups in total. The largest absolute Gasteiger partial charge is 0.345 e. The molecule has 3 heterocycles. The van der Waals surface area contributed by atoms with Gasteiger partial charge in [-0.1, -0.05) is 11.3 Å². The average molecular weight is 267 g/mol. The Hall–Kier alpha value is -0.720. The first-order chi connectivity index (χ1) is 8.72. The quantitative estimate of drug-likeness (QED) is 0.861. The molecule has 0 spiro atoms. The summed E-state index contributed by atoms with van der Waals surface area (Å²) in [5, 5.41) is 10.5. The van der Waals surface area contributed by atoms with Crippen LogP contribution in [0.15, 0.2) is 0 Å². The molecule has 0 bridgehead atoms. The molecular weight excluding hydrogens is 246 g/mol. The standard InChI is InChI=1S/C12H21N5S/c1-9-14-15-12(18-9)17-7-4-11(8-17)16-5-2-10(13)3-6-16/h10-11H,2-8,13H2,1H3. The van der Waals surface area contributed by atoms with Gasteiger partial charge in [0.2, 0.25) is 5.13 Å². The second kappa shape index (κ2) is 5.11. The van der Waals surface area contributed by atoms with E-state index in [4.69, 9.17) is 5.73 Å². The van der Waals surface area contributed by atoms with E-state index < -0.39 is 0 Å². The van der Waals surface area contributed by atoms with Crippen molar-refractivity contribution in [2.24, 2.45) is 5.73 Å². The van der Waals surface area contributed by atoms with Gasteiger partial charge in [0.25, 0.3) is 0 Å². The Bertz CT molecular complexity index is 399. The summed E-state index contributed by atoms with van der Waals surface area (Å²) in [7, 11) is 0. The first kappa shape index (κ1) is 12.3. The van der Waals surface area contributed by atoms with Crippen LogP contribution in [0.2, 0.25) is 0 Å². The SMILES string of the molecule is Cc1nnc(N2CCC(N3CCC(N)CC3)C2)s1. The van der Waals surface area contributed by atoms with E-state index in [0.717, 1.165) is 49.2 Å². The van der Waals surface area contributed by atoms with Crippen molar-refractivity contribution in [2.45, 2.75) is 38.3 Å². The van der Waals surface area contributed by atoms with Gasteiger partial charge in [-0.15, -0.1) is 10.2 Å². The van der Waals surface area contributed by atoms with Crippen LogP contribution in [-0.4, -0.2) is 53.4 Å². The van der Waals surface area contributed by atoms with E-state index in [1.54, 1.807) is 11.3 Å². The zero-order valence-electron chi connectivity index (χ0n) is 10.9. The van der Waals surface area contributed by atoms with Crippen molar-refractivity contribution in [2.75, 3.05) is 31.1 Å². The summed E-state index contributed by atoms with van der Waals surface area (Å²) in [4.78, 5) is 4.99. The van der Waals surface area contributed by atoms with E-state index in [2.05, 4.69) is 20.0 Å². The third-order valence-electron chi connectivity index (χ3n) is 4.04. The number of nitrogens with zero attached hydrogens (tertiary/aromatic N) is 4. The predicted octanol–water partition coefficient (Wildman–Crippen LogP) is 0.848. The smallest absolute Gasteiger partial charge is 0.208 e. The molecule has 0 aliphatic carbocycles. The summed E-state index contributed by atoms with van der Waals surface area (Å²) >= 11 is 1.70. The maximum absolute atomic E-state index is 5.96. The molecule has 2 aliphatic rings. The number of rotatable bonds is 2. The highest BCUT2D eigenvalue weighted by Gasteiger charge is 2.30. The molecule has 100 valence electrons. The lowest BCUT2D eigenvalue weighted by atomic mass is 10.0. The molecule has 6 heteroatoms. The van der Waals surface area contributed by atoms with E-state index in [9.17, 15) is 0 Å². The van der Waals surface area contributed by atoms with Crippen LogP contribution in [0.4, 0.5) is 5.13 Å². The summed E-state index contributed by atoms with van der Waals surface area (Å²) in [6, 6.07) is 1.10. The van der Waals surface area contributed by atoms with Crippen LogP contribution >= 0.6 is 11.3 Å². The highest BCUT2D eigenvalue weighted by Crippen LogP contribution is 2.26. The number of aryl methyl sites for hydroxylation is 1. The second-order valence-electron chi connectivity index (χ2n) is 5.37. The van der Waals surface area contributed by atoms with Crippen LogP contribution < -0.4 is 10.6 Å². The van der Waals surface area contributed by atoms with Crippen LogP contribution in [0.25, 0.3) is 0 Å². The molecule has 0 aromatic carbocycles. The third-order valence-corrected chi connectivity index (χ3v) is 4.94. The lowest BCUT2D eigenvalue weighted by Crippen LogP contribution is -2.46. The molecule has 1 atom stereocenters. The number of hydrogen-bond donors (Lipinski definition) is 1. The molecule has 0 amide bonds. The van der Waals surface area contributed by atoms with Crippen molar-refractivity contribution >= 4 is 16.5 Å². The van der Waals surface area contributed by atoms with Gasteiger partial charge < -0.3 is 10.6 Å². The second-order valence-corrected chi connectivity index (χ2v) is 6.53. The molecule has 3 rings (SSSR count). The molecule has 0 radical (unpaired) electrons. The minimum atomic E-state index is 0.421. The van der Waals surface area contributed by atoms with Crippen molar-refractivity contribution in [3.8, 4) is 0 Å². The first-order valence-corrected chi connectivity index (χ1v) is 7.59. The fourth-order valence-electron chi connectivity index (χ4n) is 2.91. The molecule has 18 heavy (non-hydrogen) atoms. The van der Waals surface area contributed by atoms with Gasteiger partial charge in [-0.25, -0.2) is 0 Å². The van der Waals surface area contributed by atoms with Crippen LogP contribution in [0.1, 0.15) is 24.3 Å². The van der Waals surface area contributed by atoms with E-state index in [1.165, 1.54) is 6.42 Å². The molecule has 2 fully saturated rings. The molecule has 0 saturated carbocycles. The van der Waals surface area contributed by atoms with Gasteiger partial charge in [-0.2, -0.15) is 0 Å². The molecule has 1 aromatic heterocycles. The number of likely N-dealkylation sites (tertiary alicyclic amines) is 1. The lowest BCUT2D eigenvalue weighted by molar-refractivity contribution is 0.163. The van der Waals surface area contributed by atoms with E-state index in [-0.39, 0.29) is 0 Å². The van der Waals surface area contributed by atoms with Gasteiger partial charge in [0.05, 0.1) is 0 Å². The molecule has 5 nitrogen and oxygen atoms in total. The van der Waals surface area contributed by atoms with Crippen LogP contribution in [-0.2, 0) is 0 Å². The monoisotopic (exact) mass is 267 g/mol. The fourth-order valence-corrected chi connectivity index (χ4v) is 3.63. The van der Waals surface area contributed by atoms with Crippen LogP contribution in [0.3, 0.4) is 0 Å². The Morgan fingerprint density at radius 3 is 2.61 bits per heavy atom. The van der Waals surface area contributed by atoms with Gasteiger partial charge in [0.15, 0.2) is 0 Å². The summed E-state index contributed by atoms with van der Waals surface area (Å²) < 4.78 is 0. The Labute approximate surface area is 112 Å². The number of nitrogens with two attached hydrogens (primary N) is 1. The Morgan fingerprint density at radius 1 is 1.17 bits per heavy atom. The maximum Gasteiger partial charge on any atom is 0.208 e. The van der Waals surface area contributed by atoms with E-state index >= 15 is 0 Å². The van der Waals surface area contributed by atoms with E-state index in [0.29, 0.717) is 12.1 Å². The summed E-state index contributed by atoms with van der Waals surface area (Å²) in [5.74, 6) is 0. The number of piperidine rings is 1. The van der Waals surface area contributed by atoms with Crippen LogP contribution in [0.5, 0.6) is 0 Å². The minimum Gasteiger partial charge on any atom is -0.345 e. The number of anilines is 1. The van der Waals surface area contributed by atoms with Gasteiger partial charge in [0, 0.05) is 25.2 Å². The Balaban J connectivity index is 1.58. The molecule has 1 aromatic rings. The van der Waals surface area contributed by atoms with Gasteiger partial charge in [-0.05, 0) is 39.3 Å². The number of hydrogen-bond acceptors (Lipinski definition) is 6. The zero-order chi connectivity index (χ0) is 12.5. The predicted molar refractivity (Wildman–Crippen MR) is 74.0 cm³/mol. The molecule has 2 saturated heterocycles. The van der Waals surface area contributed by atoms with Gasteiger partial charge in [-0.3, -0.25) is 4.90 Å². The van der Waals surface area contributed by atoms with Crippen molar-refractivity contribution in [3.05, 3.63) is 5.01 Å². The Morgan fingerprint density at radius 2 is 1.94 bits per heavy atom. The zero-order valence-corrected chi connectivity index (χ0v) is 11.7. The Kier molecular flexibility index (Phi) is 3.50. The summed E-state index contributed by atoms with van der Waals surface area (Å²) in [6.45, 7) is 6.55. The van der Waals surface area contributed by atoms with Crippen molar-refractivity contribution in [1.82, 2.24) is 15.1 Å². The maximum atomic E-state index is 5.96. The van der Waals surface area contributed by atoms with Gasteiger partial charge in [0.1, 0.15) is 5.01 Å². The fraction of sp³-hybridized carbons (Fsp3) is 0.833. The third kappa shape index (κ3) is 2.50. The van der Waals surface area contributed by atoms with Crippen molar-refractivity contribution in [3.63, 3.8) is 0 Å². The molecule has 1 unspecified atom stereocenters. The highest BCUT2D eigenvalue weighted by molar-refractivity contribution is 7.15.